The summed E-state index contributed by atoms with van der Waals surface area (Å²) in [7, 11) is -3.53. The minimum absolute atomic E-state index is 0.0736. The highest BCUT2D eigenvalue weighted by atomic mass is 32.2. The molecule has 1 fully saturated rings. The molecule has 1 saturated carbocycles. The first kappa shape index (κ1) is 24.7. The largest absolute Gasteiger partial charge is 0.353 e. The molecule has 1 amide bonds. The number of sulfonamides is 1. The van der Waals surface area contributed by atoms with Crippen LogP contribution in [0.15, 0.2) is 23.1 Å². The smallest absolute Gasteiger partial charge is 0.243 e. The SMILES string of the molecule is CCCn1c(CCC(=O)NC2CCC(C)CC2)nc2cc(S(=O)(=O)N(CC)CC)ccc21. The fourth-order valence-corrected chi connectivity index (χ4v) is 6.10. The third-order valence-electron chi connectivity index (χ3n) is 6.55. The van der Waals surface area contributed by atoms with E-state index in [1.165, 1.54) is 17.1 Å². The van der Waals surface area contributed by atoms with Crippen molar-refractivity contribution in [2.24, 2.45) is 5.92 Å². The van der Waals surface area contributed by atoms with Crippen molar-refractivity contribution in [2.75, 3.05) is 13.1 Å². The van der Waals surface area contributed by atoms with Crippen LogP contribution < -0.4 is 5.32 Å². The van der Waals surface area contributed by atoms with Gasteiger partial charge in [-0.2, -0.15) is 4.31 Å². The van der Waals surface area contributed by atoms with Crippen LogP contribution in [0.3, 0.4) is 0 Å². The highest BCUT2D eigenvalue weighted by Crippen LogP contribution is 2.25. The molecule has 0 atom stereocenters. The van der Waals surface area contributed by atoms with Gasteiger partial charge in [0.25, 0.3) is 0 Å². The number of aromatic nitrogens is 2. The van der Waals surface area contributed by atoms with Crippen LogP contribution in [0.5, 0.6) is 0 Å². The number of hydrogen-bond donors (Lipinski definition) is 1. The van der Waals surface area contributed by atoms with E-state index >= 15 is 0 Å². The van der Waals surface area contributed by atoms with E-state index in [9.17, 15) is 13.2 Å². The van der Waals surface area contributed by atoms with Crippen molar-refractivity contribution in [3.63, 3.8) is 0 Å². The van der Waals surface area contributed by atoms with Gasteiger partial charge in [0.2, 0.25) is 15.9 Å². The molecule has 1 aromatic heterocycles. The summed E-state index contributed by atoms with van der Waals surface area (Å²) in [5.41, 5.74) is 1.59. The quantitative estimate of drug-likeness (QED) is 0.576. The number of benzene rings is 1. The van der Waals surface area contributed by atoms with Crippen molar-refractivity contribution in [3.8, 4) is 0 Å². The lowest BCUT2D eigenvalue weighted by Crippen LogP contribution is -2.37. The normalized spacial score (nSPS) is 19.5. The molecule has 1 N–H and O–H groups in total. The van der Waals surface area contributed by atoms with Gasteiger partial charge in [0.05, 0.1) is 15.9 Å². The van der Waals surface area contributed by atoms with Crippen LogP contribution in [0.25, 0.3) is 11.0 Å². The number of amides is 1. The van der Waals surface area contributed by atoms with Gasteiger partial charge in [0.1, 0.15) is 5.82 Å². The summed E-state index contributed by atoms with van der Waals surface area (Å²) >= 11 is 0. The molecule has 178 valence electrons. The number of nitrogens with zero attached hydrogens (tertiary/aromatic N) is 3. The van der Waals surface area contributed by atoms with Gasteiger partial charge < -0.3 is 9.88 Å². The zero-order valence-electron chi connectivity index (χ0n) is 19.9. The van der Waals surface area contributed by atoms with Gasteiger partial charge in [-0.15, -0.1) is 0 Å². The van der Waals surface area contributed by atoms with E-state index in [2.05, 4.69) is 23.7 Å². The monoisotopic (exact) mass is 462 g/mol. The van der Waals surface area contributed by atoms with E-state index in [0.717, 1.165) is 43.1 Å². The number of nitrogens with one attached hydrogen (secondary N) is 1. The summed E-state index contributed by atoms with van der Waals surface area (Å²) in [4.78, 5) is 17.6. The maximum atomic E-state index is 12.9. The molecule has 0 saturated heterocycles. The fourth-order valence-electron chi connectivity index (χ4n) is 4.63. The van der Waals surface area contributed by atoms with Gasteiger partial charge in [-0.3, -0.25) is 4.79 Å². The van der Waals surface area contributed by atoms with Crippen LogP contribution >= 0.6 is 0 Å². The van der Waals surface area contributed by atoms with Crippen molar-refractivity contribution >= 4 is 27.0 Å². The number of imidazole rings is 1. The molecule has 32 heavy (non-hydrogen) atoms. The molecule has 0 unspecified atom stereocenters. The number of carbonyl (C=O) groups is 1. The molecule has 1 aliphatic carbocycles. The molecule has 0 aliphatic heterocycles. The average Bonchev–Trinajstić information content (AvgIpc) is 3.11. The Hall–Kier alpha value is -1.93. The standard InChI is InChI=1S/C24H38N4O3S/c1-5-16-28-22-13-12-20(32(30,31)27(6-2)7-3)17-21(22)26-23(28)14-15-24(29)25-19-10-8-18(4)9-11-19/h12-13,17-19H,5-11,14-16H2,1-4H3,(H,25,29). The number of hydrogen-bond acceptors (Lipinski definition) is 4. The van der Waals surface area contributed by atoms with Gasteiger partial charge in [-0.05, 0) is 56.2 Å². The number of fused-ring (bicyclic) bond motifs is 1. The van der Waals surface area contributed by atoms with Crippen LogP contribution in [0.2, 0.25) is 0 Å². The van der Waals surface area contributed by atoms with Crippen LogP contribution in [-0.2, 0) is 27.8 Å². The molecule has 1 aliphatic rings. The molecular weight excluding hydrogens is 424 g/mol. The van der Waals surface area contributed by atoms with E-state index < -0.39 is 10.0 Å². The van der Waals surface area contributed by atoms with Gasteiger partial charge in [0, 0.05) is 38.5 Å². The second-order valence-corrected chi connectivity index (χ2v) is 10.9. The number of carbonyl (C=O) groups excluding carboxylic acids is 1. The van der Waals surface area contributed by atoms with Gasteiger partial charge in [0.15, 0.2) is 0 Å². The summed E-state index contributed by atoms with van der Waals surface area (Å²) < 4.78 is 29.4. The Bertz CT molecular complexity index is 1020. The molecule has 0 bridgehead atoms. The van der Waals surface area contributed by atoms with Crippen LogP contribution in [0.1, 0.15) is 72.0 Å². The van der Waals surface area contributed by atoms with Crippen molar-refractivity contribution in [1.29, 1.82) is 0 Å². The summed E-state index contributed by atoms with van der Waals surface area (Å²) in [6.45, 7) is 9.71. The summed E-state index contributed by atoms with van der Waals surface area (Å²) in [5.74, 6) is 1.67. The molecule has 2 aromatic rings. The van der Waals surface area contributed by atoms with Crippen molar-refractivity contribution in [3.05, 3.63) is 24.0 Å². The van der Waals surface area contributed by atoms with Crippen LogP contribution in [0.4, 0.5) is 0 Å². The first-order chi connectivity index (χ1) is 15.3. The van der Waals surface area contributed by atoms with Crippen molar-refractivity contribution < 1.29 is 13.2 Å². The lowest BCUT2D eigenvalue weighted by molar-refractivity contribution is -0.122. The number of aryl methyl sites for hydroxylation is 2. The van der Waals surface area contributed by atoms with E-state index in [-0.39, 0.29) is 10.8 Å². The highest BCUT2D eigenvalue weighted by Gasteiger charge is 2.24. The summed E-state index contributed by atoms with van der Waals surface area (Å²) in [6, 6.07) is 5.48. The molecule has 0 spiro atoms. The zero-order valence-corrected chi connectivity index (χ0v) is 20.7. The lowest BCUT2D eigenvalue weighted by Gasteiger charge is -2.26. The summed E-state index contributed by atoms with van der Waals surface area (Å²) in [5, 5.41) is 3.19. The van der Waals surface area contributed by atoms with Gasteiger partial charge in [-0.1, -0.05) is 27.7 Å². The first-order valence-electron chi connectivity index (χ1n) is 12.1. The second-order valence-electron chi connectivity index (χ2n) is 8.94. The third-order valence-corrected chi connectivity index (χ3v) is 8.59. The topological polar surface area (TPSA) is 84.3 Å². The van der Waals surface area contributed by atoms with E-state index in [4.69, 9.17) is 4.98 Å². The molecule has 3 rings (SSSR count). The Balaban J connectivity index is 1.77. The van der Waals surface area contributed by atoms with Gasteiger partial charge in [-0.25, -0.2) is 13.4 Å². The predicted molar refractivity (Wildman–Crippen MR) is 128 cm³/mol. The summed E-state index contributed by atoms with van der Waals surface area (Å²) in [6.07, 6.45) is 6.35. The Kier molecular flexibility index (Phi) is 8.33. The molecule has 1 heterocycles. The Labute approximate surface area is 192 Å². The fraction of sp³-hybridized carbons (Fsp3) is 0.667. The Morgan fingerprint density at radius 3 is 2.47 bits per heavy atom. The minimum atomic E-state index is -3.53. The van der Waals surface area contributed by atoms with E-state index in [1.54, 1.807) is 12.1 Å². The lowest BCUT2D eigenvalue weighted by atomic mass is 9.87. The van der Waals surface area contributed by atoms with Crippen LogP contribution in [-0.4, -0.2) is 47.3 Å². The predicted octanol–water partition coefficient (Wildman–Crippen LogP) is 4.10. The van der Waals surface area contributed by atoms with E-state index in [0.29, 0.717) is 37.5 Å². The van der Waals surface area contributed by atoms with E-state index in [1.807, 2.05) is 19.9 Å². The third kappa shape index (κ3) is 5.52. The highest BCUT2D eigenvalue weighted by molar-refractivity contribution is 7.89. The molecule has 8 heteroatoms. The first-order valence-corrected chi connectivity index (χ1v) is 13.5. The second kappa shape index (κ2) is 10.8. The Morgan fingerprint density at radius 1 is 1.16 bits per heavy atom. The van der Waals surface area contributed by atoms with Crippen molar-refractivity contribution in [1.82, 2.24) is 19.2 Å². The molecule has 0 radical (unpaired) electrons. The average molecular weight is 463 g/mol. The molecule has 7 nitrogen and oxygen atoms in total. The minimum Gasteiger partial charge on any atom is -0.353 e. The van der Waals surface area contributed by atoms with Crippen molar-refractivity contribution in [2.45, 2.75) is 90.1 Å². The number of rotatable bonds is 10. The zero-order chi connectivity index (χ0) is 23.3. The molecular formula is C24H38N4O3S. The maximum Gasteiger partial charge on any atom is 0.243 e. The Morgan fingerprint density at radius 2 is 1.84 bits per heavy atom. The molecule has 1 aromatic carbocycles. The van der Waals surface area contributed by atoms with Crippen LogP contribution in [0, 0.1) is 5.92 Å². The van der Waals surface area contributed by atoms with Gasteiger partial charge >= 0.3 is 0 Å². The maximum absolute atomic E-state index is 12.9.